The summed E-state index contributed by atoms with van der Waals surface area (Å²) < 4.78 is 18.9. The number of aromatic nitrogens is 7. The highest BCUT2D eigenvalue weighted by Crippen LogP contribution is 2.41. The maximum atomic E-state index is 11.6. The van der Waals surface area contributed by atoms with Crippen molar-refractivity contribution in [3.8, 4) is 0 Å². The Morgan fingerprint density at radius 2 is 1.71 bits per heavy atom. The summed E-state index contributed by atoms with van der Waals surface area (Å²) in [5.74, 6) is 1.32. The summed E-state index contributed by atoms with van der Waals surface area (Å²) in [4.78, 5) is 30.3. The van der Waals surface area contributed by atoms with Crippen molar-refractivity contribution in [2.45, 2.75) is 50.2 Å². The van der Waals surface area contributed by atoms with Crippen LogP contribution in [0.1, 0.15) is 53.8 Å². The molecular weight excluding hydrogens is 626 g/mol. The number of anilines is 2. The predicted molar refractivity (Wildman–Crippen MR) is 178 cm³/mol. The van der Waals surface area contributed by atoms with Gasteiger partial charge in [-0.05, 0) is 23.3 Å². The molecule has 4 aromatic heterocycles. The number of fused-ring (bicyclic) bond motifs is 1. The SMILES string of the molecule is CCc1nnc([C@H]2O[C@@H](n3cnc4c(NCC(c5ccccc5)c5ccccc5)nc(NCCc5ccccn5)nc43)[C@H](OC=O)[C@@H]2O)o1. The van der Waals surface area contributed by atoms with Crippen LogP contribution in [0.2, 0.25) is 0 Å². The van der Waals surface area contributed by atoms with Gasteiger partial charge in [0.05, 0.1) is 6.33 Å². The maximum Gasteiger partial charge on any atom is 0.293 e. The van der Waals surface area contributed by atoms with Crippen LogP contribution >= 0.6 is 0 Å². The van der Waals surface area contributed by atoms with Crippen molar-refractivity contribution in [3.05, 3.63) is 120 Å². The van der Waals surface area contributed by atoms with Crippen LogP contribution in [0.4, 0.5) is 11.8 Å². The van der Waals surface area contributed by atoms with E-state index >= 15 is 0 Å². The number of benzene rings is 2. The van der Waals surface area contributed by atoms with Crippen LogP contribution < -0.4 is 10.6 Å². The van der Waals surface area contributed by atoms with Crippen LogP contribution in [0.3, 0.4) is 0 Å². The minimum atomic E-state index is -1.30. The molecule has 0 bridgehead atoms. The lowest BCUT2D eigenvalue weighted by Gasteiger charge is -2.21. The van der Waals surface area contributed by atoms with E-state index in [0.717, 1.165) is 16.8 Å². The second kappa shape index (κ2) is 14.6. The number of rotatable bonds is 14. The van der Waals surface area contributed by atoms with E-state index in [1.54, 1.807) is 10.8 Å². The van der Waals surface area contributed by atoms with Gasteiger partial charge >= 0.3 is 0 Å². The second-order valence-corrected chi connectivity index (χ2v) is 11.5. The van der Waals surface area contributed by atoms with Crippen LogP contribution in [0, 0.1) is 0 Å². The molecule has 1 saturated heterocycles. The predicted octanol–water partition coefficient (Wildman–Crippen LogP) is 4.24. The molecule has 250 valence electrons. The van der Waals surface area contributed by atoms with Gasteiger partial charge < -0.3 is 29.6 Å². The van der Waals surface area contributed by atoms with Gasteiger partial charge in [-0.3, -0.25) is 14.3 Å². The highest BCUT2D eigenvalue weighted by Gasteiger charge is 2.50. The van der Waals surface area contributed by atoms with Crippen LogP contribution in [0.15, 0.2) is 95.8 Å². The maximum absolute atomic E-state index is 11.6. The highest BCUT2D eigenvalue weighted by molar-refractivity contribution is 5.84. The molecule has 0 saturated carbocycles. The molecule has 14 heteroatoms. The molecule has 7 rings (SSSR count). The molecule has 5 heterocycles. The molecule has 0 spiro atoms. The third-order valence-corrected chi connectivity index (χ3v) is 8.42. The first-order valence-corrected chi connectivity index (χ1v) is 16.1. The first kappa shape index (κ1) is 31.8. The number of aliphatic hydroxyl groups excluding tert-OH is 1. The summed E-state index contributed by atoms with van der Waals surface area (Å²) in [6, 6.07) is 26.3. The minimum Gasteiger partial charge on any atom is -0.457 e. The number of nitrogens with one attached hydrogen (secondary N) is 2. The zero-order valence-electron chi connectivity index (χ0n) is 26.7. The third-order valence-electron chi connectivity index (χ3n) is 8.42. The van der Waals surface area contributed by atoms with Gasteiger partial charge in [-0.15, -0.1) is 10.2 Å². The van der Waals surface area contributed by atoms with Crippen molar-refractivity contribution in [3.63, 3.8) is 0 Å². The van der Waals surface area contributed by atoms with Crippen molar-refractivity contribution < 1.29 is 23.8 Å². The lowest BCUT2D eigenvalue weighted by molar-refractivity contribution is -0.142. The monoisotopic (exact) mass is 661 g/mol. The molecular formula is C35H35N9O5. The molecule has 2 aromatic carbocycles. The molecule has 14 nitrogen and oxygen atoms in total. The molecule has 0 unspecified atom stereocenters. The molecule has 6 aromatic rings. The third kappa shape index (κ3) is 6.82. The summed E-state index contributed by atoms with van der Waals surface area (Å²) in [5, 5.41) is 26.1. The Hall–Kier alpha value is -5.73. The van der Waals surface area contributed by atoms with Crippen molar-refractivity contribution in [1.82, 2.24) is 34.7 Å². The van der Waals surface area contributed by atoms with E-state index in [1.165, 1.54) is 6.33 Å². The average molecular weight is 662 g/mol. The van der Waals surface area contributed by atoms with Crippen molar-refractivity contribution >= 4 is 29.4 Å². The number of nitrogens with zero attached hydrogens (tertiary/aromatic N) is 7. The van der Waals surface area contributed by atoms with Gasteiger partial charge in [0.2, 0.25) is 17.7 Å². The largest absolute Gasteiger partial charge is 0.457 e. The van der Waals surface area contributed by atoms with E-state index in [9.17, 15) is 9.90 Å². The first-order chi connectivity index (χ1) is 24.1. The van der Waals surface area contributed by atoms with Crippen LogP contribution in [0.25, 0.3) is 11.2 Å². The van der Waals surface area contributed by atoms with Crippen LogP contribution in [-0.4, -0.2) is 71.6 Å². The van der Waals surface area contributed by atoms with Gasteiger partial charge in [-0.1, -0.05) is 73.7 Å². The van der Waals surface area contributed by atoms with Gasteiger partial charge in [0.25, 0.3) is 6.47 Å². The lowest BCUT2D eigenvalue weighted by atomic mass is 9.91. The minimum absolute atomic E-state index is 0.0110. The van der Waals surface area contributed by atoms with E-state index < -0.39 is 24.5 Å². The van der Waals surface area contributed by atoms with Crippen molar-refractivity contribution in [2.75, 3.05) is 23.7 Å². The first-order valence-electron chi connectivity index (χ1n) is 16.1. The van der Waals surface area contributed by atoms with Gasteiger partial charge in [-0.2, -0.15) is 9.97 Å². The van der Waals surface area contributed by atoms with Gasteiger partial charge in [0.15, 0.2) is 35.4 Å². The Morgan fingerprint density at radius 3 is 2.39 bits per heavy atom. The molecule has 4 atom stereocenters. The number of pyridine rings is 1. The number of ether oxygens (including phenoxy) is 2. The fourth-order valence-corrected chi connectivity index (χ4v) is 5.96. The number of hydrogen-bond acceptors (Lipinski definition) is 13. The molecule has 0 aliphatic carbocycles. The number of hydrogen-bond donors (Lipinski definition) is 3. The van der Waals surface area contributed by atoms with Gasteiger partial charge in [0.1, 0.15) is 6.10 Å². The average Bonchev–Trinajstić information content (AvgIpc) is 3.88. The van der Waals surface area contributed by atoms with Gasteiger partial charge in [-0.25, -0.2) is 4.98 Å². The Balaban J connectivity index is 1.24. The Labute approximate surface area is 281 Å². The summed E-state index contributed by atoms with van der Waals surface area (Å²) in [6.45, 7) is 3.17. The van der Waals surface area contributed by atoms with Crippen LogP contribution in [0.5, 0.6) is 0 Å². The topological polar surface area (TPSA) is 175 Å². The highest BCUT2D eigenvalue weighted by atomic mass is 16.6. The standard InChI is InChI=1S/C35H35N9O5/c1-2-26-42-43-33(48-26)29-28(46)30(47-21-45)34(49-29)44-20-39-27-31(40-35(41-32(27)44)37-18-16-24-15-9-10-17-36-24)38-19-25(22-11-5-3-6-12-22)23-13-7-4-8-14-23/h3-15,17,20-21,25,28-30,34,46H,2,16,18-19H2,1H3,(H2,37,38,40,41)/t28-,29+,30-,34-/m1/s1. The Bertz CT molecular complexity index is 1930. The molecule has 0 amide bonds. The molecule has 1 aliphatic rings. The summed E-state index contributed by atoms with van der Waals surface area (Å²) in [7, 11) is 0. The summed E-state index contributed by atoms with van der Waals surface area (Å²) in [5.41, 5.74) is 4.07. The Morgan fingerprint density at radius 1 is 0.959 bits per heavy atom. The number of carbonyl (C=O) groups is 1. The zero-order chi connectivity index (χ0) is 33.6. The fraction of sp³-hybridized carbons (Fsp3) is 0.286. The van der Waals surface area contributed by atoms with Crippen molar-refractivity contribution in [1.29, 1.82) is 0 Å². The number of aliphatic hydroxyl groups is 1. The zero-order valence-corrected chi connectivity index (χ0v) is 26.7. The number of imidazole rings is 1. The van der Waals surface area contributed by atoms with E-state index in [1.807, 2.05) is 61.5 Å². The second-order valence-electron chi connectivity index (χ2n) is 11.5. The van der Waals surface area contributed by atoms with E-state index in [4.69, 9.17) is 23.9 Å². The number of aryl methyl sites for hydroxylation is 1. The van der Waals surface area contributed by atoms with E-state index in [2.05, 4.69) is 55.1 Å². The Kier molecular flexibility index (Phi) is 9.48. The molecule has 0 radical (unpaired) electrons. The number of carbonyl (C=O) groups excluding carboxylic acids is 1. The molecule has 1 aliphatic heterocycles. The smallest absolute Gasteiger partial charge is 0.293 e. The van der Waals surface area contributed by atoms with Crippen molar-refractivity contribution in [2.24, 2.45) is 0 Å². The van der Waals surface area contributed by atoms with E-state index in [0.29, 0.717) is 54.8 Å². The quantitative estimate of drug-likeness (QED) is 0.142. The normalized spacial score (nSPS) is 18.9. The van der Waals surface area contributed by atoms with Gasteiger partial charge in [0, 0.05) is 43.7 Å². The molecule has 49 heavy (non-hydrogen) atoms. The molecule has 1 fully saturated rings. The molecule has 3 N–H and O–H groups in total. The summed E-state index contributed by atoms with van der Waals surface area (Å²) in [6.07, 6.45) is -0.0427. The summed E-state index contributed by atoms with van der Waals surface area (Å²) >= 11 is 0. The lowest BCUT2D eigenvalue weighted by Crippen LogP contribution is -2.32. The van der Waals surface area contributed by atoms with E-state index in [-0.39, 0.29) is 18.3 Å². The fourth-order valence-electron chi connectivity index (χ4n) is 5.96. The van der Waals surface area contributed by atoms with Crippen LogP contribution in [-0.2, 0) is 27.1 Å².